The lowest BCUT2D eigenvalue weighted by atomic mass is 9.92. The third-order valence-electron chi connectivity index (χ3n) is 4.81. The molecule has 0 aromatic heterocycles. The number of cyclic esters (lactones) is 2. The molecule has 0 bridgehead atoms. The number of carbonyl (C=O) groups is 2. The van der Waals surface area contributed by atoms with Crippen LogP contribution < -0.4 is 10.6 Å². The fourth-order valence-corrected chi connectivity index (χ4v) is 3.61. The molecule has 2 amide bonds. The zero-order valence-corrected chi connectivity index (χ0v) is 14.1. The zero-order valence-electron chi connectivity index (χ0n) is 14.1. The predicted molar refractivity (Wildman–Crippen MR) is 94.7 cm³/mol. The summed E-state index contributed by atoms with van der Waals surface area (Å²) in [7, 11) is 0. The van der Waals surface area contributed by atoms with Crippen LogP contribution in [0, 0.1) is 0 Å². The van der Waals surface area contributed by atoms with Gasteiger partial charge in [-0.15, -0.1) is 0 Å². The minimum atomic E-state index is -0.532. The van der Waals surface area contributed by atoms with E-state index in [1.807, 2.05) is 60.7 Å². The SMILES string of the molecule is O=C1N[C@@H](Cc2ccccc2)C([C@H]2OC(=O)N[C@H]2Cc2ccccc2)O1. The van der Waals surface area contributed by atoms with Crippen LogP contribution in [0.3, 0.4) is 0 Å². The Morgan fingerprint density at radius 1 is 0.654 bits per heavy atom. The van der Waals surface area contributed by atoms with Crippen molar-refractivity contribution < 1.29 is 19.1 Å². The van der Waals surface area contributed by atoms with Crippen molar-refractivity contribution in [3.63, 3.8) is 0 Å². The molecule has 2 fully saturated rings. The highest BCUT2D eigenvalue weighted by Crippen LogP contribution is 2.26. The van der Waals surface area contributed by atoms with Gasteiger partial charge in [0, 0.05) is 0 Å². The summed E-state index contributed by atoms with van der Waals surface area (Å²) in [5.41, 5.74) is 2.18. The number of ether oxygens (including phenoxy) is 2. The predicted octanol–water partition coefficient (Wildman–Crippen LogP) is 2.43. The highest BCUT2D eigenvalue weighted by Gasteiger charge is 2.48. The van der Waals surface area contributed by atoms with Gasteiger partial charge in [-0.1, -0.05) is 60.7 Å². The minimum Gasteiger partial charge on any atom is -0.440 e. The van der Waals surface area contributed by atoms with Crippen molar-refractivity contribution in [2.24, 2.45) is 0 Å². The Bertz CT molecular complexity index is 713. The molecule has 2 aromatic carbocycles. The van der Waals surface area contributed by atoms with Gasteiger partial charge in [-0.3, -0.25) is 0 Å². The third kappa shape index (κ3) is 3.49. The van der Waals surface area contributed by atoms with E-state index >= 15 is 0 Å². The molecule has 2 saturated heterocycles. The lowest BCUT2D eigenvalue weighted by Crippen LogP contribution is -2.47. The van der Waals surface area contributed by atoms with Crippen LogP contribution in [0.5, 0.6) is 0 Å². The Hall–Kier alpha value is -3.02. The maximum absolute atomic E-state index is 11.9. The van der Waals surface area contributed by atoms with Crippen molar-refractivity contribution in [1.29, 1.82) is 0 Å². The number of hydrogen-bond donors (Lipinski definition) is 2. The van der Waals surface area contributed by atoms with E-state index in [9.17, 15) is 9.59 Å². The molecule has 1 unspecified atom stereocenters. The van der Waals surface area contributed by atoms with Gasteiger partial charge in [-0.25, -0.2) is 9.59 Å². The van der Waals surface area contributed by atoms with E-state index in [0.29, 0.717) is 12.8 Å². The van der Waals surface area contributed by atoms with E-state index in [2.05, 4.69) is 10.6 Å². The van der Waals surface area contributed by atoms with Gasteiger partial charge >= 0.3 is 12.2 Å². The van der Waals surface area contributed by atoms with Crippen LogP contribution in [-0.2, 0) is 22.3 Å². The van der Waals surface area contributed by atoms with E-state index in [4.69, 9.17) is 9.47 Å². The smallest absolute Gasteiger partial charge is 0.407 e. The van der Waals surface area contributed by atoms with Crippen LogP contribution in [0.2, 0.25) is 0 Å². The number of amides is 2. The largest absolute Gasteiger partial charge is 0.440 e. The summed E-state index contributed by atoms with van der Waals surface area (Å²) in [6, 6.07) is 19.2. The molecule has 6 nitrogen and oxygen atoms in total. The molecule has 2 aromatic rings. The maximum Gasteiger partial charge on any atom is 0.407 e. The minimum absolute atomic E-state index is 0.249. The second kappa shape index (κ2) is 7.07. The Kier molecular flexibility index (Phi) is 4.48. The molecule has 2 N–H and O–H groups in total. The highest BCUT2D eigenvalue weighted by molar-refractivity contribution is 5.72. The number of benzene rings is 2. The molecule has 4 atom stereocenters. The summed E-state index contributed by atoms with van der Waals surface area (Å²) in [5, 5.41) is 5.70. The number of alkyl carbamates (subject to hydrolysis) is 2. The van der Waals surface area contributed by atoms with E-state index in [1.54, 1.807) is 0 Å². The number of rotatable bonds is 5. The number of carbonyl (C=O) groups excluding carboxylic acids is 2. The molecular formula is C20H20N2O4. The first-order chi connectivity index (χ1) is 12.7. The van der Waals surface area contributed by atoms with Crippen molar-refractivity contribution in [2.45, 2.75) is 37.1 Å². The second-order valence-electron chi connectivity index (χ2n) is 6.62. The van der Waals surface area contributed by atoms with E-state index < -0.39 is 24.4 Å². The average Bonchev–Trinajstić information content (AvgIpc) is 3.18. The summed E-state index contributed by atoms with van der Waals surface area (Å²) >= 11 is 0. The summed E-state index contributed by atoms with van der Waals surface area (Å²) in [4.78, 5) is 23.7. The van der Waals surface area contributed by atoms with Crippen LogP contribution in [0.15, 0.2) is 60.7 Å². The second-order valence-corrected chi connectivity index (χ2v) is 6.62. The van der Waals surface area contributed by atoms with Crippen molar-refractivity contribution in [3.05, 3.63) is 71.8 Å². The molecule has 0 saturated carbocycles. The lowest BCUT2D eigenvalue weighted by molar-refractivity contribution is 0.0184. The summed E-state index contributed by atoms with van der Waals surface area (Å²) in [5.74, 6) is 0. The third-order valence-corrected chi connectivity index (χ3v) is 4.81. The maximum atomic E-state index is 11.9. The molecule has 134 valence electrons. The lowest BCUT2D eigenvalue weighted by Gasteiger charge is -2.25. The Labute approximate surface area is 151 Å². The van der Waals surface area contributed by atoms with Crippen LogP contribution in [0.1, 0.15) is 11.1 Å². The normalized spacial score (nSPS) is 27.4. The molecule has 2 aliphatic rings. The monoisotopic (exact) mass is 352 g/mol. The molecule has 26 heavy (non-hydrogen) atoms. The van der Waals surface area contributed by atoms with Gasteiger partial charge in [-0.2, -0.15) is 0 Å². The van der Waals surface area contributed by atoms with Crippen LogP contribution in [0.25, 0.3) is 0 Å². The summed E-state index contributed by atoms with van der Waals surface area (Å²) in [6.45, 7) is 0. The zero-order chi connectivity index (χ0) is 17.9. The quantitative estimate of drug-likeness (QED) is 0.866. The molecule has 0 aliphatic carbocycles. The van der Waals surface area contributed by atoms with Crippen molar-refractivity contribution in [2.75, 3.05) is 0 Å². The molecule has 0 spiro atoms. The average molecular weight is 352 g/mol. The summed E-state index contributed by atoms with van der Waals surface area (Å²) in [6.07, 6.45) is -0.785. The molecule has 6 heteroatoms. The highest BCUT2D eigenvalue weighted by atomic mass is 16.6. The van der Waals surface area contributed by atoms with Gasteiger partial charge in [0.2, 0.25) is 0 Å². The van der Waals surface area contributed by atoms with Crippen LogP contribution >= 0.6 is 0 Å². The Morgan fingerprint density at radius 3 is 1.42 bits per heavy atom. The summed E-state index contributed by atoms with van der Waals surface area (Å²) < 4.78 is 11.0. The topological polar surface area (TPSA) is 76.7 Å². The van der Waals surface area contributed by atoms with Crippen molar-refractivity contribution >= 4 is 12.2 Å². The van der Waals surface area contributed by atoms with E-state index in [1.165, 1.54) is 0 Å². The Balaban J connectivity index is 1.52. The van der Waals surface area contributed by atoms with Crippen molar-refractivity contribution in [1.82, 2.24) is 10.6 Å². The van der Waals surface area contributed by atoms with Gasteiger partial charge < -0.3 is 20.1 Å². The number of hydrogen-bond acceptors (Lipinski definition) is 4. The number of nitrogens with one attached hydrogen (secondary N) is 2. The van der Waals surface area contributed by atoms with Gasteiger partial charge in [0.1, 0.15) is 0 Å². The van der Waals surface area contributed by atoms with Gasteiger partial charge in [-0.05, 0) is 24.0 Å². The van der Waals surface area contributed by atoms with E-state index in [0.717, 1.165) is 11.1 Å². The molecule has 4 rings (SSSR count). The fraction of sp³-hybridized carbons (Fsp3) is 0.300. The van der Waals surface area contributed by atoms with Crippen LogP contribution in [-0.4, -0.2) is 36.5 Å². The van der Waals surface area contributed by atoms with Crippen LogP contribution in [0.4, 0.5) is 9.59 Å². The first kappa shape index (κ1) is 16.4. The molecule has 0 radical (unpaired) electrons. The van der Waals surface area contributed by atoms with Gasteiger partial charge in [0.15, 0.2) is 12.2 Å². The standard InChI is InChI=1S/C20H20N2O4/c23-19-21-15(11-13-7-3-1-4-8-13)17(25-19)18-16(22-20(24)26-18)12-14-9-5-2-6-10-14/h1-10,15-18H,11-12H2,(H,21,23)(H,22,24)/t15-,16-,17-,18?/m0/s1. The van der Waals surface area contributed by atoms with Gasteiger partial charge in [0.05, 0.1) is 12.1 Å². The van der Waals surface area contributed by atoms with E-state index in [-0.39, 0.29) is 12.1 Å². The fourth-order valence-electron chi connectivity index (χ4n) is 3.61. The first-order valence-electron chi connectivity index (χ1n) is 8.71. The molecule has 2 heterocycles. The van der Waals surface area contributed by atoms with Gasteiger partial charge in [0.25, 0.3) is 0 Å². The molecular weight excluding hydrogens is 332 g/mol. The molecule has 2 aliphatic heterocycles. The first-order valence-corrected chi connectivity index (χ1v) is 8.71. The Morgan fingerprint density at radius 2 is 1.04 bits per heavy atom. The van der Waals surface area contributed by atoms with Crippen molar-refractivity contribution in [3.8, 4) is 0 Å².